The highest BCUT2D eigenvalue weighted by atomic mass is 15.4. The predicted molar refractivity (Wildman–Crippen MR) is 55.7 cm³/mol. The second-order valence-electron chi connectivity index (χ2n) is 4.81. The van der Waals surface area contributed by atoms with Crippen LogP contribution in [0.2, 0.25) is 0 Å². The van der Waals surface area contributed by atoms with Gasteiger partial charge >= 0.3 is 0 Å². The molecule has 2 nitrogen and oxygen atoms in total. The van der Waals surface area contributed by atoms with E-state index in [2.05, 4.69) is 24.1 Å². The Morgan fingerprint density at radius 1 is 1.15 bits per heavy atom. The fourth-order valence-electron chi connectivity index (χ4n) is 2.86. The number of nitrogens with one attached hydrogen (secondary N) is 1. The molecule has 2 heteroatoms. The zero-order valence-electron chi connectivity index (χ0n) is 8.97. The van der Waals surface area contributed by atoms with Crippen LogP contribution in [0.15, 0.2) is 0 Å². The molecular formula is C11H22N2. The van der Waals surface area contributed by atoms with Crippen LogP contribution in [0.5, 0.6) is 0 Å². The Kier molecular flexibility index (Phi) is 2.61. The summed E-state index contributed by atoms with van der Waals surface area (Å²) in [6, 6.07) is 0.700. The first-order valence-electron chi connectivity index (χ1n) is 5.76. The molecule has 0 bridgehead atoms. The first-order chi connectivity index (χ1) is 6.25. The van der Waals surface area contributed by atoms with Crippen LogP contribution < -0.4 is 5.32 Å². The van der Waals surface area contributed by atoms with Gasteiger partial charge < -0.3 is 0 Å². The number of hydrogen-bond donors (Lipinski definition) is 1. The highest BCUT2D eigenvalue weighted by molar-refractivity contribution is 4.98. The fraction of sp³-hybridized carbons (Fsp3) is 1.00. The molecule has 2 fully saturated rings. The van der Waals surface area contributed by atoms with E-state index in [9.17, 15) is 0 Å². The summed E-state index contributed by atoms with van der Waals surface area (Å²) < 4.78 is 0. The van der Waals surface area contributed by atoms with Crippen molar-refractivity contribution in [3.05, 3.63) is 0 Å². The molecule has 2 heterocycles. The summed E-state index contributed by atoms with van der Waals surface area (Å²) in [6.07, 6.45) is 6.96. The smallest absolute Gasteiger partial charge is 0.0726 e. The molecule has 1 spiro atoms. The summed E-state index contributed by atoms with van der Waals surface area (Å²) in [7, 11) is 0. The minimum absolute atomic E-state index is 0.407. The van der Waals surface area contributed by atoms with E-state index in [0.717, 1.165) is 0 Å². The number of rotatable bonds is 1. The summed E-state index contributed by atoms with van der Waals surface area (Å²) >= 11 is 0. The van der Waals surface area contributed by atoms with Gasteiger partial charge in [-0.1, -0.05) is 12.8 Å². The largest absolute Gasteiger partial charge is 0.299 e. The van der Waals surface area contributed by atoms with Crippen molar-refractivity contribution in [2.75, 3.05) is 13.1 Å². The van der Waals surface area contributed by atoms with Crippen LogP contribution >= 0.6 is 0 Å². The minimum atomic E-state index is 0.407. The summed E-state index contributed by atoms with van der Waals surface area (Å²) in [6.45, 7) is 7.17. The van der Waals surface area contributed by atoms with Crippen molar-refractivity contribution in [3.63, 3.8) is 0 Å². The lowest BCUT2D eigenvalue weighted by Crippen LogP contribution is -2.68. The zero-order valence-corrected chi connectivity index (χ0v) is 8.97. The van der Waals surface area contributed by atoms with Crippen molar-refractivity contribution in [2.45, 2.75) is 57.7 Å². The van der Waals surface area contributed by atoms with Crippen LogP contribution in [0, 0.1) is 0 Å². The summed E-state index contributed by atoms with van der Waals surface area (Å²) in [5.74, 6) is 0. The van der Waals surface area contributed by atoms with E-state index in [0.29, 0.717) is 11.7 Å². The Labute approximate surface area is 81.7 Å². The molecule has 0 aromatic heterocycles. The molecule has 2 aliphatic heterocycles. The molecule has 1 N–H and O–H groups in total. The average Bonchev–Trinajstić information content (AvgIpc) is 2.23. The van der Waals surface area contributed by atoms with Gasteiger partial charge in [0.2, 0.25) is 0 Å². The van der Waals surface area contributed by atoms with Gasteiger partial charge in [-0.3, -0.25) is 10.2 Å². The van der Waals surface area contributed by atoms with Gasteiger partial charge in [0.25, 0.3) is 0 Å². The number of hydrogen-bond acceptors (Lipinski definition) is 2. The number of likely N-dealkylation sites (tertiary alicyclic amines) is 1. The van der Waals surface area contributed by atoms with Crippen LogP contribution in [0.25, 0.3) is 0 Å². The molecule has 2 aliphatic rings. The Morgan fingerprint density at radius 2 is 1.92 bits per heavy atom. The number of nitrogens with zero attached hydrogens (tertiary/aromatic N) is 1. The molecule has 0 aliphatic carbocycles. The van der Waals surface area contributed by atoms with Gasteiger partial charge in [0.1, 0.15) is 0 Å². The maximum Gasteiger partial charge on any atom is 0.0726 e. The van der Waals surface area contributed by atoms with Crippen molar-refractivity contribution in [1.82, 2.24) is 10.2 Å². The molecule has 0 amide bonds. The van der Waals surface area contributed by atoms with Crippen molar-refractivity contribution in [1.29, 1.82) is 0 Å². The molecule has 0 radical (unpaired) electrons. The Hall–Kier alpha value is -0.0800. The topological polar surface area (TPSA) is 15.3 Å². The molecule has 1 atom stereocenters. The van der Waals surface area contributed by atoms with Crippen LogP contribution in [0.1, 0.15) is 46.0 Å². The van der Waals surface area contributed by atoms with Crippen molar-refractivity contribution in [2.24, 2.45) is 0 Å². The third-order valence-electron chi connectivity index (χ3n) is 3.66. The van der Waals surface area contributed by atoms with Crippen molar-refractivity contribution in [3.8, 4) is 0 Å². The molecule has 0 aromatic carbocycles. The quantitative estimate of drug-likeness (QED) is 0.667. The van der Waals surface area contributed by atoms with Gasteiger partial charge in [-0.15, -0.1) is 0 Å². The van der Waals surface area contributed by atoms with Gasteiger partial charge in [0.05, 0.1) is 5.66 Å². The normalized spacial score (nSPS) is 36.2. The van der Waals surface area contributed by atoms with E-state index in [1.165, 1.54) is 45.2 Å². The van der Waals surface area contributed by atoms with Crippen molar-refractivity contribution >= 4 is 0 Å². The van der Waals surface area contributed by atoms with Crippen LogP contribution in [-0.4, -0.2) is 29.7 Å². The zero-order chi connectivity index (χ0) is 9.31. The van der Waals surface area contributed by atoms with Crippen molar-refractivity contribution < 1.29 is 0 Å². The first kappa shape index (κ1) is 9.47. The second kappa shape index (κ2) is 3.58. The van der Waals surface area contributed by atoms with Crippen LogP contribution in [0.3, 0.4) is 0 Å². The standard InChI is InChI=1S/C11H22N2/c1-10(2)13-9-5-3-4-6-11(13)7-8-12-11/h10,12H,3-9H2,1-2H3. The van der Waals surface area contributed by atoms with E-state index < -0.39 is 0 Å². The summed E-state index contributed by atoms with van der Waals surface area (Å²) in [5, 5.41) is 3.66. The fourth-order valence-corrected chi connectivity index (χ4v) is 2.86. The Morgan fingerprint density at radius 3 is 2.46 bits per heavy atom. The van der Waals surface area contributed by atoms with E-state index in [1.54, 1.807) is 0 Å². The van der Waals surface area contributed by atoms with Crippen LogP contribution in [0.4, 0.5) is 0 Å². The van der Waals surface area contributed by atoms with Crippen LogP contribution in [-0.2, 0) is 0 Å². The lowest BCUT2D eigenvalue weighted by molar-refractivity contribution is -0.0255. The second-order valence-corrected chi connectivity index (χ2v) is 4.81. The molecule has 2 rings (SSSR count). The van der Waals surface area contributed by atoms with Gasteiger partial charge in [-0.25, -0.2) is 0 Å². The molecule has 2 saturated heterocycles. The highest BCUT2D eigenvalue weighted by Crippen LogP contribution is 2.34. The van der Waals surface area contributed by atoms with E-state index >= 15 is 0 Å². The summed E-state index contributed by atoms with van der Waals surface area (Å²) in [5.41, 5.74) is 0.407. The van der Waals surface area contributed by atoms with Gasteiger partial charge in [0.15, 0.2) is 0 Å². The first-order valence-corrected chi connectivity index (χ1v) is 5.76. The maximum absolute atomic E-state index is 3.66. The molecule has 0 aromatic rings. The Balaban J connectivity index is 2.09. The van der Waals surface area contributed by atoms with E-state index in [4.69, 9.17) is 0 Å². The monoisotopic (exact) mass is 182 g/mol. The molecular weight excluding hydrogens is 160 g/mol. The SMILES string of the molecule is CC(C)N1CCCCCC12CCN2. The van der Waals surface area contributed by atoms with E-state index in [1.807, 2.05) is 0 Å². The third kappa shape index (κ3) is 1.62. The highest BCUT2D eigenvalue weighted by Gasteiger charge is 2.43. The summed E-state index contributed by atoms with van der Waals surface area (Å²) in [4.78, 5) is 2.68. The minimum Gasteiger partial charge on any atom is -0.299 e. The maximum atomic E-state index is 3.66. The third-order valence-corrected chi connectivity index (χ3v) is 3.66. The molecule has 76 valence electrons. The van der Waals surface area contributed by atoms with Gasteiger partial charge in [0, 0.05) is 12.6 Å². The Bertz CT molecular complexity index is 173. The van der Waals surface area contributed by atoms with Gasteiger partial charge in [-0.05, 0) is 39.7 Å². The lowest BCUT2D eigenvalue weighted by atomic mass is 9.90. The molecule has 0 saturated carbocycles. The average molecular weight is 182 g/mol. The molecule has 1 unspecified atom stereocenters. The molecule has 13 heavy (non-hydrogen) atoms. The van der Waals surface area contributed by atoms with E-state index in [-0.39, 0.29) is 0 Å². The predicted octanol–water partition coefficient (Wildman–Crippen LogP) is 1.96. The lowest BCUT2D eigenvalue weighted by Gasteiger charge is -2.52. The van der Waals surface area contributed by atoms with Gasteiger partial charge in [-0.2, -0.15) is 0 Å².